The molecule has 1 fully saturated rings. The van der Waals surface area contributed by atoms with Crippen molar-refractivity contribution >= 4 is 17.3 Å². The van der Waals surface area contributed by atoms with Crippen LogP contribution >= 0.6 is 0 Å². The Balaban J connectivity index is 1.81. The highest BCUT2D eigenvalue weighted by Crippen LogP contribution is 2.32. The molecule has 2 aromatic carbocycles. The minimum Gasteiger partial charge on any atom is -0.398 e. The molecular formula is C21H25F3N4O. The topological polar surface area (TPSA) is 61.6 Å². The highest BCUT2D eigenvalue weighted by Gasteiger charge is 2.31. The van der Waals surface area contributed by atoms with E-state index in [2.05, 4.69) is 22.0 Å². The lowest BCUT2D eigenvalue weighted by Gasteiger charge is -2.34. The molecule has 3 N–H and O–H groups in total. The smallest absolute Gasteiger partial charge is 0.398 e. The third-order valence-electron chi connectivity index (χ3n) is 5.10. The molecule has 0 aromatic heterocycles. The van der Waals surface area contributed by atoms with Crippen molar-refractivity contribution in [2.45, 2.75) is 19.6 Å². The fourth-order valence-corrected chi connectivity index (χ4v) is 3.44. The Morgan fingerprint density at radius 3 is 2.34 bits per heavy atom. The molecule has 8 heteroatoms. The van der Waals surface area contributed by atoms with Crippen LogP contribution in [0.1, 0.15) is 28.4 Å². The number of para-hydroxylation sites is 1. The van der Waals surface area contributed by atoms with Gasteiger partial charge < -0.3 is 16.0 Å². The number of carbonyl (C=O) groups is 1. The maximum atomic E-state index is 13.4. The summed E-state index contributed by atoms with van der Waals surface area (Å²) in [6.45, 7) is 6.85. The number of nitrogens with two attached hydrogens (primary N) is 1. The minimum absolute atomic E-state index is 0.107. The molecule has 1 aliphatic heterocycles. The van der Waals surface area contributed by atoms with Crippen molar-refractivity contribution in [3.63, 3.8) is 0 Å². The van der Waals surface area contributed by atoms with Crippen molar-refractivity contribution < 1.29 is 18.0 Å². The summed E-state index contributed by atoms with van der Waals surface area (Å²) in [4.78, 5) is 16.9. The Bertz CT molecular complexity index is 861. The van der Waals surface area contributed by atoms with Gasteiger partial charge >= 0.3 is 6.18 Å². The van der Waals surface area contributed by atoms with Gasteiger partial charge in [0.05, 0.1) is 11.1 Å². The van der Waals surface area contributed by atoms with Gasteiger partial charge in [-0.15, -0.1) is 0 Å². The number of nitrogens with zero attached hydrogens (tertiary/aromatic N) is 2. The highest BCUT2D eigenvalue weighted by molar-refractivity contribution is 6.07. The summed E-state index contributed by atoms with van der Waals surface area (Å²) in [6.07, 6.45) is -4.50. The Hall–Kier alpha value is -2.58. The van der Waals surface area contributed by atoms with Crippen LogP contribution in [0.25, 0.3) is 0 Å². The zero-order chi connectivity index (χ0) is 21.0. The van der Waals surface area contributed by atoms with Gasteiger partial charge in [-0.3, -0.25) is 9.69 Å². The largest absolute Gasteiger partial charge is 0.416 e. The molecule has 0 aliphatic carbocycles. The normalized spacial score (nSPS) is 16.0. The van der Waals surface area contributed by atoms with Crippen molar-refractivity contribution in [3.8, 4) is 0 Å². The quantitative estimate of drug-likeness (QED) is 0.744. The fraction of sp³-hybridized carbons (Fsp3) is 0.381. The molecule has 29 heavy (non-hydrogen) atoms. The lowest BCUT2D eigenvalue weighted by Crippen LogP contribution is -2.45. The van der Waals surface area contributed by atoms with Crippen molar-refractivity contribution in [2.24, 2.45) is 0 Å². The van der Waals surface area contributed by atoms with Gasteiger partial charge in [0.15, 0.2) is 0 Å². The van der Waals surface area contributed by atoms with Crippen molar-refractivity contribution in [2.75, 3.05) is 43.8 Å². The fourth-order valence-electron chi connectivity index (χ4n) is 3.44. The van der Waals surface area contributed by atoms with Crippen LogP contribution in [0, 0.1) is 0 Å². The Morgan fingerprint density at radius 1 is 1.07 bits per heavy atom. The molecule has 1 heterocycles. The third-order valence-corrected chi connectivity index (χ3v) is 5.10. The van der Waals surface area contributed by atoms with E-state index < -0.39 is 17.6 Å². The molecular weight excluding hydrogens is 381 g/mol. The van der Waals surface area contributed by atoms with E-state index in [1.54, 1.807) is 24.3 Å². The van der Waals surface area contributed by atoms with Gasteiger partial charge in [-0.1, -0.05) is 19.1 Å². The van der Waals surface area contributed by atoms with Crippen molar-refractivity contribution in [3.05, 3.63) is 59.2 Å². The van der Waals surface area contributed by atoms with E-state index in [1.807, 2.05) is 0 Å². The summed E-state index contributed by atoms with van der Waals surface area (Å²) in [5, 5.41) is 2.56. The molecule has 3 rings (SSSR count). The maximum Gasteiger partial charge on any atom is 0.416 e. The standard InChI is InChI=1S/C21H25F3N4O/c1-2-27-7-9-28(10-8-27)14-15-11-16(21(22,23)24)13-17(12-15)26-20(29)18-5-3-4-6-19(18)25/h3-6,11-13H,2,7-10,14,25H2,1H3,(H,26,29). The Morgan fingerprint density at radius 2 is 1.72 bits per heavy atom. The summed E-state index contributed by atoms with van der Waals surface area (Å²) in [7, 11) is 0. The average Bonchev–Trinajstić information content (AvgIpc) is 2.68. The first-order chi connectivity index (χ1) is 13.8. The zero-order valence-corrected chi connectivity index (χ0v) is 16.3. The van der Waals surface area contributed by atoms with Crippen LogP contribution in [0.2, 0.25) is 0 Å². The number of alkyl halides is 3. The number of nitrogens with one attached hydrogen (secondary N) is 1. The van der Waals surface area contributed by atoms with Gasteiger partial charge in [-0.25, -0.2) is 0 Å². The highest BCUT2D eigenvalue weighted by atomic mass is 19.4. The first-order valence-electron chi connectivity index (χ1n) is 9.58. The molecule has 0 atom stereocenters. The molecule has 1 aliphatic rings. The maximum absolute atomic E-state index is 13.4. The second kappa shape index (κ2) is 8.84. The molecule has 0 unspecified atom stereocenters. The molecule has 5 nitrogen and oxygen atoms in total. The van der Waals surface area contributed by atoms with Crippen molar-refractivity contribution in [1.29, 1.82) is 0 Å². The molecule has 0 radical (unpaired) electrons. The summed E-state index contributed by atoms with van der Waals surface area (Å²) in [6, 6.07) is 10.1. The number of likely N-dealkylation sites (N-methyl/N-ethyl adjacent to an activating group) is 1. The number of carbonyl (C=O) groups excluding carboxylic acids is 1. The van der Waals surface area contributed by atoms with Crippen LogP contribution in [0.4, 0.5) is 24.5 Å². The van der Waals surface area contributed by atoms with Crippen LogP contribution in [0.5, 0.6) is 0 Å². The number of anilines is 2. The number of hydrogen-bond donors (Lipinski definition) is 2. The second-order valence-electron chi connectivity index (χ2n) is 7.17. The molecule has 156 valence electrons. The summed E-state index contributed by atoms with van der Waals surface area (Å²) in [5.41, 5.74) is 6.14. The van der Waals surface area contributed by atoms with E-state index in [0.717, 1.165) is 44.9 Å². The van der Waals surface area contributed by atoms with Crippen LogP contribution in [0.15, 0.2) is 42.5 Å². The van der Waals surface area contributed by atoms with Gasteiger partial charge in [-0.2, -0.15) is 13.2 Å². The summed E-state index contributed by atoms with van der Waals surface area (Å²) >= 11 is 0. The number of benzene rings is 2. The van der Waals surface area contributed by atoms with Crippen LogP contribution < -0.4 is 11.1 Å². The van der Waals surface area contributed by atoms with Crippen LogP contribution in [0.3, 0.4) is 0 Å². The van der Waals surface area contributed by atoms with E-state index in [4.69, 9.17) is 5.73 Å². The van der Waals surface area contributed by atoms with E-state index in [-0.39, 0.29) is 16.9 Å². The predicted molar refractivity (Wildman–Crippen MR) is 108 cm³/mol. The van der Waals surface area contributed by atoms with Crippen molar-refractivity contribution in [1.82, 2.24) is 9.80 Å². The first-order valence-corrected chi connectivity index (χ1v) is 9.58. The number of piperazine rings is 1. The van der Waals surface area contributed by atoms with Gasteiger partial charge in [0, 0.05) is 44.1 Å². The monoisotopic (exact) mass is 406 g/mol. The molecule has 1 amide bonds. The SMILES string of the molecule is CCN1CCN(Cc2cc(NC(=O)c3ccccc3N)cc(C(F)(F)F)c2)CC1. The van der Waals surface area contributed by atoms with E-state index in [0.29, 0.717) is 12.1 Å². The number of hydrogen-bond acceptors (Lipinski definition) is 4. The van der Waals surface area contributed by atoms with Crippen LogP contribution in [-0.4, -0.2) is 48.4 Å². The average molecular weight is 406 g/mol. The van der Waals surface area contributed by atoms with Gasteiger partial charge in [-0.05, 0) is 42.4 Å². The van der Waals surface area contributed by atoms with E-state index in [1.165, 1.54) is 6.07 Å². The molecule has 1 saturated heterocycles. The summed E-state index contributed by atoms with van der Waals surface area (Å²) < 4.78 is 40.2. The molecule has 2 aromatic rings. The third kappa shape index (κ3) is 5.48. The number of nitrogen functional groups attached to an aromatic ring is 1. The zero-order valence-electron chi connectivity index (χ0n) is 16.3. The second-order valence-corrected chi connectivity index (χ2v) is 7.17. The lowest BCUT2D eigenvalue weighted by molar-refractivity contribution is -0.137. The van der Waals surface area contributed by atoms with Crippen LogP contribution in [-0.2, 0) is 12.7 Å². The number of amides is 1. The molecule has 0 spiro atoms. The molecule has 0 bridgehead atoms. The first kappa shape index (κ1) is 21.1. The van der Waals surface area contributed by atoms with Gasteiger partial charge in [0.1, 0.15) is 0 Å². The number of halogens is 3. The van der Waals surface area contributed by atoms with Gasteiger partial charge in [0.2, 0.25) is 0 Å². The van der Waals surface area contributed by atoms with E-state index in [9.17, 15) is 18.0 Å². The Kier molecular flexibility index (Phi) is 6.44. The number of rotatable bonds is 5. The Labute approximate surface area is 168 Å². The van der Waals surface area contributed by atoms with E-state index >= 15 is 0 Å². The minimum atomic E-state index is -4.50. The lowest BCUT2D eigenvalue weighted by atomic mass is 10.1. The predicted octanol–water partition coefficient (Wildman–Crippen LogP) is 3.68. The van der Waals surface area contributed by atoms with Gasteiger partial charge in [0.25, 0.3) is 5.91 Å². The molecule has 0 saturated carbocycles. The summed E-state index contributed by atoms with van der Waals surface area (Å²) in [5.74, 6) is -0.537.